The maximum absolute atomic E-state index is 10.5. The molecular formula is C18H31NO5. The van der Waals surface area contributed by atoms with Crippen molar-refractivity contribution in [2.75, 3.05) is 13.2 Å². The number of carboxylic acid groups (broad SMARTS) is 1. The van der Waals surface area contributed by atoms with Gasteiger partial charge in [0.25, 0.3) is 0 Å². The lowest BCUT2D eigenvalue weighted by Crippen LogP contribution is -2.50. The molecule has 0 heterocycles. The number of carboxylic acids is 1. The Morgan fingerprint density at radius 2 is 1.88 bits per heavy atom. The van der Waals surface area contributed by atoms with Crippen LogP contribution < -0.4 is 0 Å². The second-order valence-electron chi connectivity index (χ2n) is 7.21. The van der Waals surface area contributed by atoms with Crippen LogP contribution in [0.4, 0.5) is 0 Å². The van der Waals surface area contributed by atoms with Gasteiger partial charge in [-0.2, -0.15) is 0 Å². The summed E-state index contributed by atoms with van der Waals surface area (Å²) in [6.45, 7) is 0.391. The van der Waals surface area contributed by atoms with Crippen LogP contribution >= 0.6 is 0 Å². The van der Waals surface area contributed by atoms with E-state index in [1.807, 2.05) is 0 Å². The molecule has 0 aromatic heterocycles. The molecule has 3 atom stereocenters. The minimum Gasteiger partial charge on any atom is -0.481 e. The van der Waals surface area contributed by atoms with E-state index in [2.05, 4.69) is 5.16 Å². The van der Waals surface area contributed by atoms with Gasteiger partial charge in [-0.1, -0.05) is 37.3 Å². The summed E-state index contributed by atoms with van der Waals surface area (Å²) in [6, 6.07) is 0. The quantitative estimate of drug-likeness (QED) is 0.374. The maximum atomic E-state index is 10.5. The monoisotopic (exact) mass is 341 g/mol. The third-order valence-corrected chi connectivity index (χ3v) is 5.64. The molecule has 0 radical (unpaired) electrons. The number of oxime groups is 1. The number of hydrogen-bond donors (Lipinski definition) is 3. The molecule has 0 aromatic rings. The second kappa shape index (κ2) is 9.37. The van der Waals surface area contributed by atoms with Crippen LogP contribution in [-0.2, 0) is 9.63 Å². The number of aliphatic carboxylic acids is 1. The molecule has 6 nitrogen and oxygen atoms in total. The Morgan fingerprint density at radius 1 is 1.17 bits per heavy atom. The van der Waals surface area contributed by atoms with Gasteiger partial charge in [-0.25, -0.2) is 0 Å². The Balaban J connectivity index is 1.70. The van der Waals surface area contributed by atoms with Gasteiger partial charge in [0.15, 0.2) is 0 Å². The van der Waals surface area contributed by atoms with Crippen molar-refractivity contribution in [2.24, 2.45) is 16.5 Å². The van der Waals surface area contributed by atoms with E-state index in [1.165, 1.54) is 19.3 Å². The van der Waals surface area contributed by atoms with E-state index in [1.54, 1.807) is 0 Å². The van der Waals surface area contributed by atoms with Crippen LogP contribution in [0, 0.1) is 11.3 Å². The van der Waals surface area contributed by atoms with E-state index in [0.29, 0.717) is 5.92 Å². The molecule has 138 valence electrons. The molecule has 0 amide bonds. The van der Waals surface area contributed by atoms with E-state index in [4.69, 9.17) is 15.1 Å². The van der Waals surface area contributed by atoms with Gasteiger partial charge in [0, 0.05) is 17.9 Å². The third kappa shape index (κ3) is 4.70. The molecule has 0 spiro atoms. The summed E-state index contributed by atoms with van der Waals surface area (Å²) in [5, 5.41) is 31.9. The first-order valence-electron chi connectivity index (χ1n) is 9.29. The number of carbonyl (C=O) groups is 1. The lowest BCUT2D eigenvalue weighted by Gasteiger charge is -2.48. The number of nitrogens with zero attached hydrogens (tertiary/aromatic N) is 1. The molecule has 0 aromatic carbocycles. The summed E-state index contributed by atoms with van der Waals surface area (Å²) in [4.78, 5) is 15.6. The van der Waals surface area contributed by atoms with E-state index in [0.717, 1.165) is 50.7 Å². The van der Waals surface area contributed by atoms with Gasteiger partial charge in [-0.05, 0) is 32.1 Å². The highest BCUT2D eigenvalue weighted by Gasteiger charge is 2.59. The fourth-order valence-corrected chi connectivity index (χ4v) is 4.26. The van der Waals surface area contributed by atoms with Gasteiger partial charge in [0.05, 0.1) is 18.2 Å². The SMILES string of the molecule is O=C(O)CCON=C1CC2(CCCCCCCCO)C1CC[C@@H]2O. The summed E-state index contributed by atoms with van der Waals surface area (Å²) in [5.74, 6) is -0.569. The van der Waals surface area contributed by atoms with Crippen molar-refractivity contribution in [1.29, 1.82) is 0 Å². The highest BCUT2D eigenvalue weighted by Crippen LogP contribution is 2.58. The van der Waals surface area contributed by atoms with Gasteiger partial charge in [-0.15, -0.1) is 0 Å². The first kappa shape index (κ1) is 19.2. The number of unbranched alkanes of at least 4 members (excludes halogenated alkanes) is 5. The molecule has 0 saturated heterocycles. The zero-order chi connectivity index (χ0) is 17.4. The zero-order valence-electron chi connectivity index (χ0n) is 14.5. The molecule has 2 fully saturated rings. The highest BCUT2D eigenvalue weighted by molar-refractivity contribution is 5.94. The summed E-state index contributed by atoms with van der Waals surface area (Å²) >= 11 is 0. The van der Waals surface area contributed by atoms with Crippen LogP contribution in [0.5, 0.6) is 0 Å². The third-order valence-electron chi connectivity index (χ3n) is 5.64. The predicted octanol–water partition coefficient (Wildman–Crippen LogP) is 2.72. The Labute approximate surface area is 143 Å². The van der Waals surface area contributed by atoms with Crippen molar-refractivity contribution in [3.05, 3.63) is 0 Å². The zero-order valence-corrected chi connectivity index (χ0v) is 14.5. The van der Waals surface area contributed by atoms with Crippen molar-refractivity contribution in [2.45, 2.75) is 76.7 Å². The molecule has 2 aliphatic rings. The highest BCUT2D eigenvalue weighted by atomic mass is 16.6. The van der Waals surface area contributed by atoms with Crippen molar-refractivity contribution in [3.8, 4) is 0 Å². The average Bonchev–Trinajstić information content (AvgIpc) is 2.77. The normalized spacial score (nSPS) is 30.2. The average molecular weight is 341 g/mol. The summed E-state index contributed by atoms with van der Waals surface area (Å²) in [6.07, 6.45) is 9.98. The maximum Gasteiger partial charge on any atom is 0.306 e. The summed E-state index contributed by atoms with van der Waals surface area (Å²) in [7, 11) is 0. The Morgan fingerprint density at radius 3 is 2.58 bits per heavy atom. The van der Waals surface area contributed by atoms with Crippen LogP contribution in [0.3, 0.4) is 0 Å². The number of rotatable bonds is 12. The van der Waals surface area contributed by atoms with Crippen molar-refractivity contribution in [3.63, 3.8) is 0 Å². The van der Waals surface area contributed by atoms with Crippen LogP contribution in [-0.4, -0.2) is 46.3 Å². The van der Waals surface area contributed by atoms with Crippen LogP contribution in [0.15, 0.2) is 5.16 Å². The first-order valence-corrected chi connectivity index (χ1v) is 9.29. The Bertz CT molecular complexity index is 439. The Kier molecular flexibility index (Phi) is 7.49. The van der Waals surface area contributed by atoms with Crippen molar-refractivity contribution in [1.82, 2.24) is 0 Å². The number of aliphatic hydroxyl groups excluding tert-OH is 2. The van der Waals surface area contributed by atoms with Crippen molar-refractivity contribution >= 4 is 11.7 Å². The molecule has 6 heteroatoms. The first-order chi connectivity index (χ1) is 11.6. The fraction of sp³-hybridized carbons (Fsp3) is 0.889. The molecule has 3 N–H and O–H groups in total. The van der Waals surface area contributed by atoms with Gasteiger partial charge in [0.1, 0.15) is 6.61 Å². The van der Waals surface area contributed by atoms with Gasteiger partial charge >= 0.3 is 5.97 Å². The van der Waals surface area contributed by atoms with Crippen LogP contribution in [0.25, 0.3) is 0 Å². The molecule has 24 heavy (non-hydrogen) atoms. The van der Waals surface area contributed by atoms with Gasteiger partial charge in [-0.3, -0.25) is 4.79 Å². The Hall–Kier alpha value is -1.14. The van der Waals surface area contributed by atoms with Gasteiger partial charge < -0.3 is 20.2 Å². The van der Waals surface area contributed by atoms with E-state index in [-0.39, 0.29) is 31.2 Å². The molecule has 2 unspecified atom stereocenters. The molecular weight excluding hydrogens is 310 g/mol. The molecule has 2 saturated carbocycles. The molecule has 2 rings (SSSR count). The molecule has 2 aliphatic carbocycles. The number of aliphatic hydroxyl groups is 2. The molecule has 0 aliphatic heterocycles. The standard InChI is InChI=1S/C18H31NO5/c20-11-6-4-2-1-3-5-10-18-13-15(14(18)7-8-16(18)21)19-24-12-9-17(22)23/h14,16,20-21H,1-13H2,(H,22,23)/t14?,16-,18?/m0/s1. The minimum atomic E-state index is -0.881. The van der Waals surface area contributed by atoms with E-state index in [9.17, 15) is 9.90 Å². The lowest BCUT2D eigenvalue weighted by molar-refractivity contribution is -0.138. The molecule has 0 bridgehead atoms. The lowest BCUT2D eigenvalue weighted by atomic mass is 9.57. The topological polar surface area (TPSA) is 99.4 Å². The van der Waals surface area contributed by atoms with Crippen molar-refractivity contribution < 1.29 is 25.0 Å². The van der Waals surface area contributed by atoms with E-state index < -0.39 is 5.97 Å². The van der Waals surface area contributed by atoms with Crippen LogP contribution in [0.1, 0.15) is 70.6 Å². The predicted molar refractivity (Wildman–Crippen MR) is 90.8 cm³/mol. The van der Waals surface area contributed by atoms with Crippen LogP contribution in [0.2, 0.25) is 0 Å². The largest absolute Gasteiger partial charge is 0.481 e. The minimum absolute atomic E-state index is 0.0138. The number of fused-ring (bicyclic) bond motifs is 1. The van der Waals surface area contributed by atoms with Gasteiger partial charge in [0.2, 0.25) is 0 Å². The summed E-state index contributed by atoms with van der Waals surface area (Å²) in [5.41, 5.74) is 0.986. The second-order valence-corrected chi connectivity index (χ2v) is 7.21. The summed E-state index contributed by atoms with van der Waals surface area (Å²) < 4.78 is 0. The fourth-order valence-electron chi connectivity index (χ4n) is 4.26. The smallest absolute Gasteiger partial charge is 0.306 e. The van der Waals surface area contributed by atoms with E-state index >= 15 is 0 Å². The number of hydrogen-bond acceptors (Lipinski definition) is 5.